The average Bonchev–Trinajstić information content (AvgIpc) is 2.21. The molecule has 0 bridgehead atoms. The third-order valence-electron chi connectivity index (χ3n) is 2.17. The summed E-state index contributed by atoms with van der Waals surface area (Å²) in [7, 11) is 0. The van der Waals surface area contributed by atoms with Gasteiger partial charge in [0.05, 0.1) is 0 Å². The Morgan fingerprint density at radius 3 is 2.64 bits per heavy atom. The van der Waals surface area contributed by atoms with Crippen LogP contribution in [-0.4, -0.2) is 16.7 Å². The zero-order valence-corrected chi connectivity index (χ0v) is 8.95. The summed E-state index contributed by atoms with van der Waals surface area (Å²) in [5, 5.41) is 2.54. The normalized spacial score (nSPS) is 36.1. The highest BCUT2D eigenvalue weighted by Gasteiger charge is 2.55. The molecule has 0 aromatic carbocycles. The highest BCUT2D eigenvalue weighted by atomic mass is 35.5. The first-order valence-corrected chi connectivity index (χ1v) is 4.88. The lowest BCUT2D eigenvalue weighted by Crippen LogP contribution is -2.36. The molecule has 1 N–H and O–H groups in total. The third-order valence-corrected chi connectivity index (χ3v) is 3.21. The highest BCUT2D eigenvalue weighted by Crippen LogP contribution is 2.43. The number of fused-ring (bicyclic) bond motifs is 1. The van der Waals surface area contributed by atoms with E-state index in [1.807, 2.05) is 0 Å². The number of rotatable bonds is 0. The molecule has 74 valence electrons. The van der Waals surface area contributed by atoms with Crippen LogP contribution in [0.25, 0.3) is 0 Å². The van der Waals surface area contributed by atoms with Crippen LogP contribution in [0.3, 0.4) is 0 Å². The third kappa shape index (κ3) is 1.20. The van der Waals surface area contributed by atoms with Crippen molar-refractivity contribution in [3.63, 3.8) is 0 Å². The van der Waals surface area contributed by atoms with E-state index in [0.29, 0.717) is 0 Å². The number of carbonyl (C=O) groups is 2. The van der Waals surface area contributed by atoms with Gasteiger partial charge < -0.3 is 0 Å². The van der Waals surface area contributed by atoms with Gasteiger partial charge in [0.15, 0.2) is 4.87 Å². The number of hydrogen-bond donors (Lipinski definition) is 1. The average molecular weight is 252 g/mol. The van der Waals surface area contributed by atoms with E-state index in [2.05, 4.69) is 5.32 Å². The molecule has 2 rings (SSSR count). The Balaban J connectivity index is 2.57. The van der Waals surface area contributed by atoms with Gasteiger partial charge in [0, 0.05) is 10.1 Å². The quantitative estimate of drug-likeness (QED) is 0.524. The maximum Gasteiger partial charge on any atom is 0.252 e. The highest BCUT2D eigenvalue weighted by molar-refractivity contribution is 6.46. The largest absolute Gasteiger partial charge is 0.294 e. The van der Waals surface area contributed by atoms with Crippen molar-refractivity contribution >= 4 is 46.6 Å². The number of nitrogens with one attached hydrogen (secondary N) is 1. The molecule has 1 aliphatic carbocycles. The molecule has 3 nitrogen and oxygen atoms in total. The van der Waals surface area contributed by atoms with Gasteiger partial charge in [0.25, 0.3) is 5.91 Å². The first-order valence-electron chi connectivity index (χ1n) is 3.75. The Labute approximate surface area is 94.7 Å². The van der Waals surface area contributed by atoms with Gasteiger partial charge in [-0.3, -0.25) is 14.9 Å². The summed E-state index contributed by atoms with van der Waals surface area (Å²) in [4.78, 5) is 21.2. The molecular weight excluding hydrogens is 248 g/mol. The minimum Gasteiger partial charge on any atom is -0.294 e. The molecule has 2 atom stereocenters. The molecule has 2 amide bonds. The second-order valence-corrected chi connectivity index (χ2v) is 4.58. The molecule has 0 saturated carbocycles. The number of allylic oxidation sites excluding steroid dienone is 2. The summed E-state index contributed by atoms with van der Waals surface area (Å²) in [6, 6.07) is 0. The maximum atomic E-state index is 11.4. The molecule has 14 heavy (non-hydrogen) atoms. The molecule has 6 heteroatoms. The van der Waals surface area contributed by atoms with Gasteiger partial charge in [-0.2, -0.15) is 0 Å². The molecule has 1 aliphatic heterocycles. The molecule has 1 saturated heterocycles. The smallest absolute Gasteiger partial charge is 0.252 e. The van der Waals surface area contributed by atoms with Gasteiger partial charge in [-0.1, -0.05) is 23.2 Å². The van der Waals surface area contributed by atoms with E-state index in [-0.39, 0.29) is 10.1 Å². The minimum absolute atomic E-state index is 0.177. The molecule has 1 heterocycles. The standard InChI is InChI=1S/C8H4Cl3NO2/c9-3-1-4(10)5-6(13)12-7(14)8(5,11)2-3/h1-2,5H,(H,12,13,14). The van der Waals surface area contributed by atoms with E-state index >= 15 is 0 Å². The number of carbonyl (C=O) groups excluding carboxylic acids is 2. The predicted molar refractivity (Wildman–Crippen MR) is 53.1 cm³/mol. The van der Waals surface area contributed by atoms with E-state index in [9.17, 15) is 9.59 Å². The van der Waals surface area contributed by atoms with Crippen LogP contribution >= 0.6 is 34.8 Å². The van der Waals surface area contributed by atoms with Gasteiger partial charge >= 0.3 is 0 Å². The van der Waals surface area contributed by atoms with E-state index in [4.69, 9.17) is 34.8 Å². The van der Waals surface area contributed by atoms with E-state index in [1.165, 1.54) is 12.2 Å². The monoisotopic (exact) mass is 251 g/mol. The first kappa shape index (κ1) is 10.0. The first-order chi connectivity index (χ1) is 6.45. The van der Waals surface area contributed by atoms with Crippen LogP contribution in [0.4, 0.5) is 0 Å². The zero-order chi connectivity index (χ0) is 10.5. The van der Waals surface area contributed by atoms with Crippen molar-refractivity contribution in [2.75, 3.05) is 0 Å². The van der Waals surface area contributed by atoms with Crippen LogP contribution in [0.2, 0.25) is 0 Å². The maximum absolute atomic E-state index is 11.4. The molecule has 2 unspecified atom stereocenters. The summed E-state index contributed by atoms with van der Waals surface area (Å²) < 4.78 is 0. The second kappa shape index (κ2) is 2.99. The van der Waals surface area contributed by atoms with E-state index < -0.39 is 22.6 Å². The Hall–Kier alpha value is -0.510. The van der Waals surface area contributed by atoms with Crippen molar-refractivity contribution < 1.29 is 9.59 Å². The van der Waals surface area contributed by atoms with Crippen LogP contribution in [0.15, 0.2) is 22.2 Å². The van der Waals surface area contributed by atoms with Crippen LogP contribution in [0, 0.1) is 5.92 Å². The number of halogens is 3. The van der Waals surface area contributed by atoms with Crippen molar-refractivity contribution in [2.24, 2.45) is 5.92 Å². The molecule has 2 aliphatic rings. The summed E-state index contributed by atoms with van der Waals surface area (Å²) in [6.45, 7) is 0. The topological polar surface area (TPSA) is 46.2 Å². The van der Waals surface area contributed by atoms with Gasteiger partial charge in [-0.15, -0.1) is 11.6 Å². The number of imide groups is 1. The Kier molecular flexibility index (Phi) is 2.14. The second-order valence-electron chi connectivity index (χ2n) is 3.08. The Morgan fingerprint density at radius 2 is 2.00 bits per heavy atom. The van der Waals surface area contributed by atoms with Crippen LogP contribution in [0.5, 0.6) is 0 Å². The van der Waals surface area contributed by atoms with Crippen molar-refractivity contribution in [3.05, 3.63) is 22.2 Å². The van der Waals surface area contributed by atoms with Crippen LogP contribution in [-0.2, 0) is 9.59 Å². The van der Waals surface area contributed by atoms with Crippen LogP contribution in [0.1, 0.15) is 0 Å². The van der Waals surface area contributed by atoms with Crippen molar-refractivity contribution in [3.8, 4) is 0 Å². The Bertz CT molecular complexity index is 401. The van der Waals surface area contributed by atoms with Crippen molar-refractivity contribution in [1.82, 2.24) is 5.32 Å². The summed E-state index contributed by atoms with van der Waals surface area (Å²) in [6.07, 6.45) is 2.74. The van der Waals surface area contributed by atoms with Crippen molar-refractivity contribution in [2.45, 2.75) is 4.87 Å². The molecule has 0 aromatic rings. The van der Waals surface area contributed by atoms with Crippen LogP contribution < -0.4 is 5.32 Å². The molecule has 0 spiro atoms. The number of alkyl halides is 1. The summed E-state index contributed by atoms with van der Waals surface area (Å²) in [5.41, 5.74) is 0. The van der Waals surface area contributed by atoms with E-state index in [1.54, 1.807) is 0 Å². The fourth-order valence-electron chi connectivity index (χ4n) is 1.53. The van der Waals surface area contributed by atoms with Gasteiger partial charge in [0.2, 0.25) is 5.91 Å². The minimum atomic E-state index is -1.46. The molecule has 0 aromatic heterocycles. The zero-order valence-electron chi connectivity index (χ0n) is 6.68. The summed E-state index contributed by atoms with van der Waals surface area (Å²) >= 11 is 17.5. The SMILES string of the molecule is O=C1NC(=O)C2(Cl)C=C(Cl)C=C(Cl)C12. The lowest BCUT2D eigenvalue weighted by Gasteiger charge is -2.23. The van der Waals surface area contributed by atoms with Gasteiger partial charge in [0.1, 0.15) is 5.92 Å². The summed E-state index contributed by atoms with van der Waals surface area (Å²) in [5.74, 6) is -1.94. The lowest BCUT2D eigenvalue weighted by atomic mass is 9.89. The fourth-order valence-corrected chi connectivity index (χ4v) is 2.76. The predicted octanol–water partition coefficient (Wildman–Crippen LogP) is 1.50. The van der Waals surface area contributed by atoms with Gasteiger partial charge in [-0.05, 0) is 12.2 Å². The Morgan fingerprint density at radius 1 is 1.36 bits per heavy atom. The van der Waals surface area contributed by atoms with E-state index in [0.717, 1.165) is 0 Å². The van der Waals surface area contributed by atoms with Gasteiger partial charge in [-0.25, -0.2) is 0 Å². The fraction of sp³-hybridized carbons (Fsp3) is 0.250. The molecule has 0 radical (unpaired) electrons. The number of hydrogen-bond acceptors (Lipinski definition) is 2. The molecule has 1 fully saturated rings. The lowest BCUT2D eigenvalue weighted by molar-refractivity contribution is -0.125. The molecular formula is C8H4Cl3NO2. The van der Waals surface area contributed by atoms with Crippen molar-refractivity contribution in [1.29, 1.82) is 0 Å². The number of amides is 2.